The van der Waals surface area contributed by atoms with Gasteiger partial charge in [-0.2, -0.15) is 4.31 Å². The molecular weight excluding hydrogens is 434 g/mol. The van der Waals surface area contributed by atoms with Crippen molar-refractivity contribution in [3.63, 3.8) is 0 Å². The second-order valence-corrected chi connectivity index (χ2v) is 9.42. The third kappa shape index (κ3) is 5.84. The summed E-state index contributed by atoms with van der Waals surface area (Å²) in [6.07, 6.45) is 1.87. The lowest BCUT2D eigenvalue weighted by molar-refractivity contribution is -0.116. The van der Waals surface area contributed by atoms with Gasteiger partial charge in [0.05, 0.1) is 35.9 Å². The first-order valence-electron chi connectivity index (χ1n) is 10.2. The van der Waals surface area contributed by atoms with Gasteiger partial charge in [0.1, 0.15) is 5.75 Å². The predicted octanol–water partition coefficient (Wildman–Crippen LogP) is 1.86. The molecule has 0 spiro atoms. The molecule has 0 saturated carbocycles. The number of benzene rings is 2. The Hall–Kier alpha value is -2.95. The third-order valence-corrected chi connectivity index (χ3v) is 6.91. The molecule has 0 aliphatic carbocycles. The Morgan fingerprint density at radius 1 is 1.16 bits per heavy atom. The Labute approximate surface area is 187 Å². The van der Waals surface area contributed by atoms with Crippen LogP contribution in [0, 0.1) is 0 Å². The normalized spacial score (nSPS) is 16.0. The minimum absolute atomic E-state index is 0.00230. The van der Waals surface area contributed by atoms with Crippen LogP contribution >= 0.6 is 0 Å². The van der Waals surface area contributed by atoms with E-state index in [4.69, 9.17) is 9.47 Å². The molecule has 1 heterocycles. The Morgan fingerprint density at radius 3 is 2.53 bits per heavy atom. The summed E-state index contributed by atoms with van der Waals surface area (Å²) >= 11 is 0. The number of ether oxygens (including phenoxy) is 2. The number of nitrogens with one attached hydrogen (secondary N) is 2. The molecule has 0 radical (unpaired) electrons. The summed E-state index contributed by atoms with van der Waals surface area (Å²) in [5.41, 5.74) is 0.595. The standard InChI is InChI=1S/C22H27N3O6S/c1-25(32(28,29)18-11-9-16(30-2)10-12-18)15-21(26)24-20-8-4-3-7-19(20)22(27)23-14-17-6-5-13-31-17/h3-4,7-12,17H,5-6,13-15H2,1-2H3,(H,23,27)(H,24,26)/t17-/m1/s1. The number of carbonyl (C=O) groups is 2. The van der Waals surface area contributed by atoms with Gasteiger partial charge in [0.25, 0.3) is 5.91 Å². The molecule has 2 aromatic rings. The fourth-order valence-electron chi connectivity index (χ4n) is 3.30. The molecule has 2 N–H and O–H groups in total. The quantitative estimate of drug-likeness (QED) is 0.589. The van der Waals surface area contributed by atoms with Crippen LogP contribution in [-0.2, 0) is 19.6 Å². The van der Waals surface area contributed by atoms with Crippen molar-refractivity contribution >= 4 is 27.5 Å². The number of amides is 2. The molecule has 1 fully saturated rings. The molecule has 2 amide bonds. The van der Waals surface area contributed by atoms with Crippen molar-refractivity contribution in [3.05, 3.63) is 54.1 Å². The van der Waals surface area contributed by atoms with E-state index in [0.29, 0.717) is 30.2 Å². The zero-order valence-electron chi connectivity index (χ0n) is 18.0. The lowest BCUT2D eigenvalue weighted by Gasteiger charge is -2.18. The molecule has 2 aromatic carbocycles. The van der Waals surface area contributed by atoms with Crippen molar-refractivity contribution in [3.8, 4) is 5.75 Å². The molecule has 10 heteroatoms. The molecule has 0 aromatic heterocycles. The number of anilines is 1. The summed E-state index contributed by atoms with van der Waals surface area (Å²) in [6, 6.07) is 12.5. The van der Waals surface area contributed by atoms with Gasteiger partial charge >= 0.3 is 0 Å². The van der Waals surface area contributed by atoms with E-state index in [1.54, 1.807) is 24.3 Å². The zero-order chi connectivity index (χ0) is 23.1. The van der Waals surface area contributed by atoms with E-state index >= 15 is 0 Å². The molecule has 1 aliphatic rings. The maximum atomic E-state index is 12.7. The highest BCUT2D eigenvalue weighted by atomic mass is 32.2. The van der Waals surface area contributed by atoms with Gasteiger partial charge in [0.2, 0.25) is 15.9 Å². The summed E-state index contributed by atoms with van der Waals surface area (Å²) < 4.78 is 37.0. The predicted molar refractivity (Wildman–Crippen MR) is 119 cm³/mol. The fourth-order valence-corrected chi connectivity index (χ4v) is 4.43. The Morgan fingerprint density at radius 2 is 1.88 bits per heavy atom. The highest BCUT2D eigenvalue weighted by Crippen LogP contribution is 2.19. The van der Waals surface area contributed by atoms with Gasteiger partial charge in [-0.25, -0.2) is 8.42 Å². The number of likely N-dealkylation sites (N-methyl/N-ethyl adjacent to an activating group) is 1. The molecule has 9 nitrogen and oxygen atoms in total. The lowest BCUT2D eigenvalue weighted by Crippen LogP contribution is -2.36. The molecule has 32 heavy (non-hydrogen) atoms. The Bertz CT molecular complexity index is 1050. The number of hydrogen-bond acceptors (Lipinski definition) is 6. The first-order valence-corrected chi connectivity index (χ1v) is 11.6. The van der Waals surface area contributed by atoms with Gasteiger partial charge in [-0.1, -0.05) is 12.1 Å². The first kappa shape index (κ1) is 23.7. The van der Waals surface area contributed by atoms with Crippen LogP contribution in [0.15, 0.2) is 53.4 Å². The first-order chi connectivity index (χ1) is 15.3. The average Bonchev–Trinajstić information content (AvgIpc) is 3.31. The zero-order valence-corrected chi connectivity index (χ0v) is 18.9. The van der Waals surface area contributed by atoms with E-state index in [-0.39, 0.29) is 16.9 Å². The van der Waals surface area contributed by atoms with Crippen molar-refractivity contribution in [2.45, 2.75) is 23.8 Å². The molecule has 1 atom stereocenters. The number of carbonyl (C=O) groups excluding carboxylic acids is 2. The van der Waals surface area contributed by atoms with E-state index in [1.165, 1.54) is 38.4 Å². The van der Waals surface area contributed by atoms with Crippen LogP contribution in [0.25, 0.3) is 0 Å². The van der Waals surface area contributed by atoms with E-state index in [1.807, 2.05) is 0 Å². The number of nitrogens with zero attached hydrogens (tertiary/aromatic N) is 1. The topological polar surface area (TPSA) is 114 Å². The number of methoxy groups -OCH3 is 1. The van der Waals surface area contributed by atoms with E-state index < -0.39 is 22.5 Å². The number of hydrogen-bond donors (Lipinski definition) is 2. The second-order valence-electron chi connectivity index (χ2n) is 7.38. The van der Waals surface area contributed by atoms with Gasteiger partial charge in [0.15, 0.2) is 0 Å². The van der Waals surface area contributed by atoms with Crippen LogP contribution in [0.5, 0.6) is 5.75 Å². The van der Waals surface area contributed by atoms with E-state index in [9.17, 15) is 18.0 Å². The van der Waals surface area contributed by atoms with E-state index in [0.717, 1.165) is 17.1 Å². The lowest BCUT2D eigenvalue weighted by atomic mass is 10.1. The van der Waals surface area contributed by atoms with Gasteiger partial charge in [-0.15, -0.1) is 0 Å². The van der Waals surface area contributed by atoms with Crippen LogP contribution in [0.2, 0.25) is 0 Å². The van der Waals surface area contributed by atoms with Gasteiger partial charge in [-0.3, -0.25) is 9.59 Å². The SMILES string of the molecule is COc1ccc(S(=O)(=O)N(C)CC(=O)Nc2ccccc2C(=O)NC[C@H]2CCCO2)cc1. The maximum Gasteiger partial charge on any atom is 0.253 e. The summed E-state index contributed by atoms with van der Waals surface area (Å²) in [5, 5.41) is 5.45. The number of rotatable bonds is 9. The summed E-state index contributed by atoms with van der Waals surface area (Å²) in [5.74, 6) is -0.377. The fraction of sp³-hybridized carbons (Fsp3) is 0.364. The number of para-hydroxylation sites is 1. The van der Waals surface area contributed by atoms with Crippen molar-refractivity contribution < 1.29 is 27.5 Å². The van der Waals surface area contributed by atoms with Crippen LogP contribution in [0.4, 0.5) is 5.69 Å². The Balaban J connectivity index is 1.63. The monoisotopic (exact) mass is 461 g/mol. The van der Waals surface area contributed by atoms with Crippen LogP contribution in [0.3, 0.4) is 0 Å². The van der Waals surface area contributed by atoms with Crippen molar-refractivity contribution in [2.75, 3.05) is 39.2 Å². The van der Waals surface area contributed by atoms with Crippen molar-refractivity contribution in [1.82, 2.24) is 9.62 Å². The van der Waals surface area contributed by atoms with Crippen LogP contribution < -0.4 is 15.4 Å². The summed E-state index contributed by atoms with van der Waals surface area (Å²) in [4.78, 5) is 25.2. The largest absolute Gasteiger partial charge is 0.497 e. The Kier molecular flexibility index (Phi) is 7.84. The van der Waals surface area contributed by atoms with Crippen molar-refractivity contribution in [1.29, 1.82) is 0 Å². The van der Waals surface area contributed by atoms with E-state index in [2.05, 4.69) is 10.6 Å². The molecule has 3 rings (SSSR count). The molecule has 0 unspecified atom stereocenters. The minimum atomic E-state index is -3.87. The molecule has 172 valence electrons. The smallest absolute Gasteiger partial charge is 0.253 e. The molecule has 1 aliphatic heterocycles. The molecule has 1 saturated heterocycles. The third-order valence-electron chi connectivity index (χ3n) is 5.09. The van der Waals surface area contributed by atoms with Crippen molar-refractivity contribution in [2.24, 2.45) is 0 Å². The van der Waals surface area contributed by atoms with Gasteiger partial charge in [-0.05, 0) is 49.2 Å². The van der Waals surface area contributed by atoms with Gasteiger partial charge < -0.3 is 20.1 Å². The molecule has 0 bridgehead atoms. The molecular formula is C22H27N3O6S. The highest BCUT2D eigenvalue weighted by molar-refractivity contribution is 7.89. The van der Waals surface area contributed by atoms with Gasteiger partial charge in [0, 0.05) is 20.2 Å². The average molecular weight is 462 g/mol. The second kappa shape index (κ2) is 10.6. The number of sulfonamides is 1. The highest BCUT2D eigenvalue weighted by Gasteiger charge is 2.24. The maximum absolute atomic E-state index is 12.7. The van der Waals surface area contributed by atoms with Crippen LogP contribution in [0.1, 0.15) is 23.2 Å². The summed E-state index contributed by atoms with van der Waals surface area (Å²) in [7, 11) is -1.07. The summed E-state index contributed by atoms with van der Waals surface area (Å²) in [6.45, 7) is 0.671. The van der Waals surface area contributed by atoms with Crippen LogP contribution in [-0.4, -0.2) is 64.5 Å². The minimum Gasteiger partial charge on any atom is -0.497 e.